The van der Waals surface area contributed by atoms with Gasteiger partial charge in [0, 0.05) is 23.2 Å². The second kappa shape index (κ2) is 6.41. The first-order chi connectivity index (χ1) is 8.29. The molecule has 0 amide bonds. The fourth-order valence-electron chi connectivity index (χ4n) is 2.39. The van der Waals surface area contributed by atoms with Gasteiger partial charge in [0.05, 0.1) is 0 Å². The molecule has 0 bridgehead atoms. The Morgan fingerprint density at radius 3 is 3.12 bits per heavy atom. The minimum Gasteiger partial charge on any atom is -0.371 e. The predicted octanol–water partition coefficient (Wildman–Crippen LogP) is 3.28. The van der Waals surface area contributed by atoms with Gasteiger partial charge in [0.25, 0.3) is 0 Å². The third-order valence-corrected chi connectivity index (χ3v) is 3.81. The van der Waals surface area contributed by atoms with Gasteiger partial charge in [-0.3, -0.25) is 0 Å². The van der Waals surface area contributed by atoms with E-state index in [1.54, 1.807) is 0 Å². The smallest absolute Gasteiger partial charge is 0.0377 e. The number of benzene rings is 1. The van der Waals surface area contributed by atoms with E-state index in [1.807, 2.05) is 0 Å². The highest BCUT2D eigenvalue weighted by atomic mass is 79.9. The molecule has 0 radical (unpaired) electrons. The topological polar surface area (TPSA) is 15.3 Å². The van der Waals surface area contributed by atoms with Crippen LogP contribution in [0.15, 0.2) is 28.7 Å². The molecule has 3 heteroatoms. The SMILES string of the molecule is CCCNCC1CCN(c2cccc(Br)c2)C1. The first-order valence-electron chi connectivity index (χ1n) is 6.51. The van der Waals surface area contributed by atoms with Crippen LogP contribution in [0.2, 0.25) is 0 Å². The van der Waals surface area contributed by atoms with Crippen LogP contribution in [0.5, 0.6) is 0 Å². The Labute approximate surface area is 113 Å². The van der Waals surface area contributed by atoms with Gasteiger partial charge in [-0.15, -0.1) is 0 Å². The molecule has 1 atom stereocenters. The van der Waals surface area contributed by atoms with Gasteiger partial charge >= 0.3 is 0 Å². The van der Waals surface area contributed by atoms with Crippen LogP contribution in [-0.2, 0) is 0 Å². The maximum absolute atomic E-state index is 3.54. The molecule has 1 aromatic carbocycles. The van der Waals surface area contributed by atoms with Crippen molar-refractivity contribution in [3.8, 4) is 0 Å². The van der Waals surface area contributed by atoms with Crippen LogP contribution >= 0.6 is 15.9 Å². The normalized spacial score (nSPS) is 19.9. The molecular weight excluding hydrogens is 276 g/mol. The molecule has 17 heavy (non-hydrogen) atoms. The second-order valence-corrected chi connectivity index (χ2v) is 5.70. The summed E-state index contributed by atoms with van der Waals surface area (Å²) in [6, 6.07) is 8.61. The average molecular weight is 297 g/mol. The molecule has 2 nitrogen and oxygen atoms in total. The summed E-state index contributed by atoms with van der Waals surface area (Å²) >= 11 is 3.54. The molecule has 1 aliphatic rings. The van der Waals surface area contributed by atoms with Crippen LogP contribution in [0.1, 0.15) is 19.8 Å². The lowest BCUT2D eigenvalue weighted by Crippen LogP contribution is -2.26. The zero-order valence-electron chi connectivity index (χ0n) is 10.5. The van der Waals surface area contributed by atoms with Crippen LogP contribution in [0, 0.1) is 5.92 Å². The van der Waals surface area contributed by atoms with Crippen LogP contribution in [-0.4, -0.2) is 26.2 Å². The van der Waals surface area contributed by atoms with Crippen molar-refractivity contribution in [2.45, 2.75) is 19.8 Å². The number of hydrogen-bond acceptors (Lipinski definition) is 2. The van der Waals surface area contributed by atoms with Gasteiger partial charge < -0.3 is 10.2 Å². The van der Waals surface area contributed by atoms with Crippen molar-refractivity contribution < 1.29 is 0 Å². The predicted molar refractivity (Wildman–Crippen MR) is 77.6 cm³/mol. The summed E-state index contributed by atoms with van der Waals surface area (Å²) in [7, 11) is 0. The number of anilines is 1. The van der Waals surface area contributed by atoms with Gasteiger partial charge in [-0.25, -0.2) is 0 Å². The lowest BCUT2D eigenvalue weighted by molar-refractivity contribution is 0.516. The fraction of sp³-hybridized carbons (Fsp3) is 0.571. The third-order valence-electron chi connectivity index (χ3n) is 3.32. The summed E-state index contributed by atoms with van der Waals surface area (Å²) in [6.07, 6.45) is 2.53. The van der Waals surface area contributed by atoms with Crippen molar-refractivity contribution in [3.05, 3.63) is 28.7 Å². The summed E-state index contributed by atoms with van der Waals surface area (Å²) in [4.78, 5) is 2.49. The molecule has 1 fully saturated rings. The number of nitrogens with one attached hydrogen (secondary N) is 1. The molecule has 94 valence electrons. The van der Waals surface area contributed by atoms with Crippen molar-refractivity contribution in [2.24, 2.45) is 5.92 Å². The van der Waals surface area contributed by atoms with Crippen molar-refractivity contribution in [1.29, 1.82) is 0 Å². The lowest BCUT2D eigenvalue weighted by Gasteiger charge is -2.19. The standard InChI is InChI=1S/C14H21BrN2/c1-2-7-16-10-12-6-8-17(11-12)14-5-3-4-13(15)9-14/h3-5,9,12,16H,2,6-8,10-11H2,1H3. The van der Waals surface area contributed by atoms with Crippen molar-refractivity contribution in [1.82, 2.24) is 5.32 Å². The highest BCUT2D eigenvalue weighted by Crippen LogP contribution is 2.25. The summed E-state index contributed by atoms with van der Waals surface area (Å²) in [6.45, 7) is 6.91. The van der Waals surface area contributed by atoms with Gasteiger partial charge in [0.2, 0.25) is 0 Å². The third kappa shape index (κ3) is 3.71. The number of halogens is 1. The highest BCUT2D eigenvalue weighted by molar-refractivity contribution is 9.10. The van der Waals surface area contributed by atoms with E-state index in [0.29, 0.717) is 0 Å². The Balaban J connectivity index is 1.85. The molecule has 0 saturated carbocycles. The Morgan fingerprint density at radius 2 is 2.35 bits per heavy atom. The molecule has 0 aromatic heterocycles. The largest absolute Gasteiger partial charge is 0.371 e. The van der Waals surface area contributed by atoms with E-state index in [2.05, 4.69) is 57.3 Å². The van der Waals surface area contributed by atoms with Gasteiger partial charge in [-0.2, -0.15) is 0 Å². The number of nitrogens with zero attached hydrogens (tertiary/aromatic N) is 1. The Bertz CT molecular complexity index is 354. The molecule has 1 aliphatic heterocycles. The zero-order valence-corrected chi connectivity index (χ0v) is 12.0. The quantitative estimate of drug-likeness (QED) is 0.839. The molecule has 0 aliphatic carbocycles. The van der Waals surface area contributed by atoms with Crippen LogP contribution < -0.4 is 10.2 Å². The van der Waals surface area contributed by atoms with Crippen LogP contribution in [0.3, 0.4) is 0 Å². The maximum Gasteiger partial charge on any atom is 0.0377 e. The molecule has 2 rings (SSSR count). The summed E-state index contributed by atoms with van der Waals surface area (Å²) in [5.74, 6) is 0.806. The fourth-order valence-corrected chi connectivity index (χ4v) is 2.78. The van der Waals surface area contributed by atoms with Crippen molar-refractivity contribution in [2.75, 3.05) is 31.1 Å². The summed E-state index contributed by atoms with van der Waals surface area (Å²) in [5.41, 5.74) is 1.34. The molecular formula is C14H21BrN2. The van der Waals surface area contributed by atoms with Crippen molar-refractivity contribution >= 4 is 21.6 Å². The highest BCUT2D eigenvalue weighted by Gasteiger charge is 2.22. The second-order valence-electron chi connectivity index (χ2n) is 4.78. The van der Waals surface area contributed by atoms with Crippen molar-refractivity contribution in [3.63, 3.8) is 0 Å². The molecule has 0 spiro atoms. The molecule has 1 aromatic rings. The first-order valence-corrected chi connectivity index (χ1v) is 7.30. The number of hydrogen-bond donors (Lipinski definition) is 1. The first kappa shape index (κ1) is 12.9. The summed E-state index contributed by atoms with van der Waals surface area (Å²) < 4.78 is 1.17. The lowest BCUT2D eigenvalue weighted by atomic mass is 10.1. The van der Waals surface area contributed by atoms with E-state index in [4.69, 9.17) is 0 Å². The molecule has 1 unspecified atom stereocenters. The zero-order chi connectivity index (χ0) is 12.1. The minimum atomic E-state index is 0.806. The summed E-state index contributed by atoms with van der Waals surface area (Å²) in [5, 5.41) is 3.52. The van der Waals surface area contributed by atoms with E-state index >= 15 is 0 Å². The Hall–Kier alpha value is -0.540. The Kier molecular flexibility index (Phi) is 4.86. The van der Waals surface area contributed by atoms with Gasteiger partial charge in [0.15, 0.2) is 0 Å². The Morgan fingerprint density at radius 1 is 1.47 bits per heavy atom. The van der Waals surface area contributed by atoms with Gasteiger partial charge in [0.1, 0.15) is 0 Å². The van der Waals surface area contributed by atoms with Gasteiger partial charge in [-0.05, 0) is 50.0 Å². The van der Waals surface area contributed by atoms with E-state index in [9.17, 15) is 0 Å². The average Bonchev–Trinajstić information content (AvgIpc) is 2.78. The minimum absolute atomic E-state index is 0.806. The van der Waals surface area contributed by atoms with E-state index in [1.165, 1.54) is 42.6 Å². The van der Waals surface area contributed by atoms with E-state index in [0.717, 1.165) is 12.5 Å². The molecule has 1 N–H and O–H groups in total. The van der Waals surface area contributed by atoms with Crippen LogP contribution in [0.4, 0.5) is 5.69 Å². The molecule has 1 saturated heterocycles. The monoisotopic (exact) mass is 296 g/mol. The van der Waals surface area contributed by atoms with E-state index in [-0.39, 0.29) is 0 Å². The van der Waals surface area contributed by atoms with Gasteiger partial charge in [-0.1, -0.05) is 28.9 Å². The van der Waals surface area contributed by atoms with Crippen LogP contribution in [0.25, 0.3) is 0 Å². The number of rotatable bonds is 5. The van der Waals surface area contributed by atoms with E-state index < -0.39 is 0 Å². The maximum atomic E-state index is 3.54. The molecule has 1 heterocycles.